The van der Waals surface area contributed by atoms with E-state index < -0.39 is 5.91 Å². The number of likely N-dealkylation sites (N-methyl/N-ethyl adjacent to an activating group) is 1. The molecule has 17 heavy (non-hydrogen) atoms. The van der Waals surface area contributed by atoms with Crippen LogP contribution in [0.15, 0.2) is 18.2 Å². The molecule has 0 bridgehead atoms. The first-order valence-corrected chi connectivity index (χ1v) is 4.92. The summed E-state index contributed by atoms with van der Waals surface area (Å²) in [6.45, 7) is -0.195. The Hall–Kier alpha value is -2.24. The van der Waals surface area contributed by atoms with E-state index in [2.05, 4.69) is 5.32 Å². The van der Waals surface area contributed by atoms with Gasteiger partial charge in [0.05, 0.1) is 6.54 Å². The lowest BCUT2D eigenvalue weighted by Gasteiger charge is -2.11. The number of hydrogen-bond donors (Lipinski definition) is 3. The van der Waals surface area contributed by atoms with Crippen LogP contribution in [0.2, 0.25) is 0 Å². The fourth-order valence-electron chi connectivity index (χ4n) is 1.16. The first-order valence-electron chi connectivity index (χ1n) is 4.92. The molecule has 1 aromatic rings. The molecule has 0 atom stereocenters. The van der Waals surface area contributed by atoms with Crippen molar-refractivity contribution < 1.29 is 19.8 Å². The maximum atomic E-state index is 11.6. The molecule has 0 unspecified atom stereocenters. The van der Waals surface area contributed by atoms with Crippen LogP contribution in [0.3, 0.4) is 0 Å². The highest BCUT2D eigenvalue weighted by atomic mass is 16.3. The fraction of sp³-hybridized carbons (Fsp3) is 0.273. The maximum Gasteiger partial charge on any atom is 0.259 e. The van der Waals surface area contributed by atoms with Crippen LogP contribution in [-0.4, -0.2) is 47.6 Å². The van der Waals surface area contributed by atoms with Crippen LogP contribution in [0, 0.1) is 0 Å². The molecule has 92 valence electrons. The summed E-state index contributed by atoms with van der Waals surface area (Å²) in [4.78, 5) is 24.2. The van der Waals surface area contributed by atoms with E-state index in [1.54, 1.807) is 14.1 Å². The van der Waals surface area contributed by atoms with Gasteiger partial charge in [-0.05, 0) is 12.1 Å². The van der Waals surface area contributed by atoms with Crippen molar-refractivity contribution in [2.45, 2.75) is 0 Å². The van der Waals surface area contributed by atoms with E-state index in [1.165, 1.54) is 23.1 Å². The van der Waals surface area contributed by atoms with Gasteiger partial charge in [0.1, 0.15) is 17.1 Å². The van der Waals surface area contributed by atoms with Crippen LogP contribution in [0.1, 0.15) is 10.4 Å². The molecule has 3 N–H and O–H groups in total. The zero-order valence-electron chi connectivity index (χ0n) is 9.60. The van der Waals surface area contributed by atoms with Gasteiger partial charge in [-0.2, -0.15) is 0 Å². The van der Waals surface area contributed by atoms with E-state index >= 15 is 0 Å². The van der Waals surface area contributed by atoms with Crippen molar-refractivity contribution in [3.63, 3.8) is 0 Å². The van der Waals surface area contributed by atoms with E-state index in [0.717, 1.165) is 0 Å². The summed E-state index contributed by atoms with van der Waals surface area (Å²) >= 11 is 0. The fourth-order valence-corrected chi connectivity index (χ4v) is 1.16. The summed E-state index contributed by atoms with van der Waals surface area (Å²) in [7, 11) is 3.12. The SMILES string of the molecule is CN(C)C(=O)CNC(=O)c1c(O)cccc1O. The van der Waals surface area contributed by atoms with Crippen molar-refractivity contribution in [2.24, 2.45) is 0 Å². The van der Waals surface area contributed by atoms with Crippen molar-refractivity contribution >= 4 is 11.8 Å². The third kappa shape index (κ3) is 3.10. The zero-order valence-corrected chi connectivity index (χ0v) is 9.60. The van der Waals surface area contributed by atoms with Gasteiger partial charge in [0.25, 0.3) is 5.91 Å². The zero-order chi connectivity index (χ0) is 13.0. The monoisotopic (exact) mass is 238 g/mol. The number of hydrogen-bond acceptors (Lipinski definition) is 4. The molecule has 0 aliphatic heterocycles. The molecule has 6 heteroatoms. The molecule has 0 radical (unpaired) electrons. The molecule has 0 heterocycles. The van der Waals surface area contributed by atoms with Gasteiger partial charge in [0.15, 0.2) is 0 Å². The Balaban J connectivity index is 2.74. The molecule has 0 saturated heterocycles. The number of phenolic OH excluding ortho intramolecular Hbond substituents is 2. The van der Waals surface area contributed by atoms with Gasteiger partial charge in [0, 0.05) is 14.1 Å². The van der Waals surface area contributed by atoms with Crippen LogP contribution in [0.5, 0.6) is 11.5 Å². The van der Waals surface area contributed by atoms with Gasteiger partial charge in [-0.3, -0.25) is 9.59 Å². The number of amides is 2. The van der Waals surface area contributed by atoms with E-state index in [4.69, 9.17) is 0 Å². The molecule has 0 aromatic heterocycles. The predicted molar refractivity (Wildman–Crippen MR) is 60.8 cm³/mol. The highest BCUT2D eigenvalue weighted by Gasteiger charge is 2.16. The van der Waals surface area contributed by atoms with Gasteiger partial charge in [0.2, 0.25) is 5.91 Å². The average molecular weight is 238 g/mol. The van der Waals surface area contributed by atoms with Crippen molar-refractivity contribution in [3.8, 4) is 11.5 Å². The smallest absolute Gasteiger partial charge is 0.259 e. The Morgan fingerprint density at radius 2 is 1.76 bits per heavy atom. The van der Waals surface area contributed by atoms with Crippen LogP contribution < -0.4 is 5.32 Å². The summed E-state index contributed by atoms with van der Waals surface area (Å²) in [6.07, 6.45) is 0. The van der Waals surface area contributed by atoms with Crippen LogP contribution in [-0.2, 0) is 4.79 Å². The molecule has 0 aliphatic carbocycles. The number of phenols is 2. The molecule has 6 nitrogen and oxygen atoms in total. The second-order valence-corrected chi connectivity index (χ2v) is 3.64. The Bertz CT molecular complexity index is 423. The number of nitrogens with zero attached hydrogens (tertiary/aromatic N) is 1. The second-order valence-electron chi connectivity index (χ2n) is 3.64. The average Bonchev–Trinajstić information content (AvgIpc) is 2.25. The van der Waals surface area contributed by atoms with E-state index in [9.17, 15) is 19.8 Å². The third-order valence-corrected chi connectivity index (χ3v) is 2.15. The molecule has 2 amide bonds. The summed E-state index contributed by atoms with van der Waals surface area (Å²) in [5.74, 6) is -1.65. The first-order chi connectivity index (χ1) is 7.93. The molecule has 1 rings (SSSR count). The largest absolute Gasteiger partial charge is 0.507 e. The van der Waals surface area contributed by atoms with E-state index in [-0.39, 0.29) is 29.5 Å². The number of benzene rings is 1. The quantitative estimate of drug-likeness (QED) is 0.686. The summed E-state index contributed by atoms with van der Waals surface area (Å²) in [6, 6.07) is 3.97. The van der Waals surface area contributed by atoms with Crippen molar-refractivity contribution in [3.05, 3.63) is 23.8 Å². The molecule has 0 saturated carbocycles. The summed E-state index contributed by atoms with van der Waals surface area (Å²) in [5, 5.41) is 21.2. The number of carbonyl (C=O) groups is 2. The molecule has 0 aliphatic rings. The first kappa shape index (κ1) is 12.8. The highest BCUT2D eigenvalue weighted by molar-refractivity contribution is 6.00. The highest BCUT2D eigenvalue weighted by Crippen LogP contribution is 2.25. The van der Waals surface area contributed by atoms with Gasteiger partial charge in [-0.15, -0.1) is 0 Å². The van der Waals surface area contributed by atoms with Gasteiger partial charge in [-0.1, -0.05) is 6.07 Å². The van der Waals surface area contributed by atoms with Crippen LogP contribution >= 0.6 is 0 Å². The van der Waals surface area contributed by atoms with Gasteiger partial charge in [-0.25, -0.2) is 0 Å². The van der Waals surface area contributed by atoms with E-state index in [1.807, 2.05) is 0 Å². The topological polar surface area (TPSA) is 89.9 Å². The number of rotatable bonds is 3. The van der Waals surface area contributed by atoms with Crippen molar-refractivity contribution in [1.29, 1.82) is 0 Å². The van der Waals surface area contributed by atoms with Crippen LogP contribution in [0.4, 0.5) is 0 Å². The normalized spacial score (nSPS) is 9.76. The molecule has 0 spiro atoms. The molecular formula is C11H14N2O4. The van der Waals surface area contributed by atoms with Gasteiger partial charge >= 0.3 is 0 Å². The summed E-state index contributed by atoms with van der Waals surface area (Å²) < 4.78 is 0. The third-order valence-electron chi connectivity index (χ3n) is 2.15. The second kappa shape index (κ2) is 5.20. The Morgan fingerprint density at radius 3 is 2.24 bits per heavy atom. The maximum absolute atomic E-state index is 11.6. The molecule has 1 aromatic carbocycles. The molecular weight excluding hydrogens is 224 g/mol. The molecule has 0 fully saturated rings. The Kier molecular flexibility index (Phi) is 3.92. The standard InChI is InChI=1S/C11H14N2O4/c1-13(2)9(16)6-12-11(17)10-7(14)4-3-5-8(10)15/h3-5,14-15H,6H2,1-2H3,(H,12,17). The van der Waals surface area contributed by atoms with Crippen molar-refractivity contribution in [2.75, 3.05) is 20.6 Å². The number of carbonyl (C=O) groups excluding carboxylic acids is 2. The lowest BCUT2D eigenvalue weighted by molar-refractivity contribution is -0.127. The van der Waals surface area contributed by atoms with Crippen LogP contribution in [0.25, 0.3) is 0 Å². The summed E-state index contributed by atoms with van der Waals surface area (Å²) in [5.41, 5.74) is -0.237. The minimum atomic E-state index is -0.698. The van der Waals surface area contributed by atoms with E-state index in [0.29, 0.717) is 0 Å². The minimum absolute atomic E-state index is 0.195. The van der Waals surface area contributed by atoms with Crippen molar-refractivity contribution in [1.82, 2.24) is 10.2 Å². The minimum Gasteiger partial charge on any atom is -0.507 e. The predicted octanol–water partition coefficient (Wildman–Crippen LogP) is -0.0842. The van der Waals surface area contributed by atoms with Gasteiger partial charge < -0.3 is 20.4 Å². The lowest BCUT2D eigenvalue weighted by Crippen LogP contribution is -2.36. The number of aromatic hydroxyl groups is 2. The Morgan fingerprint density at radius 1 is 1.24 bits per heavy atom. The number of nitrogens with one attached hydrogen (secondary N) is 1. The lowest BCUT2D eigenvalue weighted by atomic mass is 10.1. The Labute approximate surface area is 98.5 Å².